The first kappa shape index (κ1) is 26.6. The van der Waals surface area contributed by atoms with Crippen LogP contribution in [0.25, 0.3) is 0 Å². The van der Waals surface area contributed by atoms with E-state index >= 15 is 0 Å². The minimum atomic E-state index is -3.71. The zero-order valence-electron chi connectivity index (χ0n) is 20.3. The number of sulfonamides is 1. The van der Waals surface area contributed by atoms with Crippen LogP contribution in [0.3, 0.4) is 0 Å². The Hall–Kier alpha value is -4.05. The van der Waals surface area contributed by atoms with E-state index in [-0.39, 0.29) is 11.4 Å². The highest BCUT2D eigenvalue weighted by molar-refractivity contribution is 7.92. The number of ether oxygens (including phenoxy) is 3. The minimum absolute atomic E-state index is 0.186. The largest absolute Gasteiger partial charge is 0.497 e. The van der Waals surface area contributed by atoms with Gasteiger partial charge in [-0.25, -0.2) is 13.2 Å². The molecule has 1 amide bonds. The molecular weight excluding hydrogens is 484 g/mol. The summed E-state index contributed by atoms with van der Waals surface area (Å²) in [5.41, 5.74) is 2.24. The van der Waals surface area contributed by atoms with Gasteiger partial charge >= 0.3 is 5.97 Å². The van der Waals surface area contributed by atoms with Gasteiger partial charge in [0, 0.05) is 13.6 Å². The fraction of sp³-hybridized carbons (Fsp3) is 0.231. The van der Waals surface area contributed by atoms with Crippen LogP contribution < -0.4 is 19.1 Å². The maximum Gasteiger partial charge on any atom is 0.344 e. The molecule has 0 aliphatic heterocycles. The number of benzene rings is 3. The maximum atomic E-state index is 12.8. The predicted molar refractivity (Wildman–Crippen MR) is 135 cm³/mol. The number of carbonyl (C=O) groups excluding carboxylic acids is 2. The second-order valence-corrected chi connectivity index (χ2v) is 9.83. The quantitative estimate of drug-likeness (QED) is 0.393. The summed E-state index contributed by atoms with van der Waals surface area (Å²) in [5.74, 6) is -0.139. The molecule has 0 saturated heterocycles. The van der Waals surface area contributed by atoms with Crippen LogP contribution in [0.15, 0.2) is 77.7 Å². The molecule has 0 radical (unpaired) electrons. The number of aryl methyl sites for hydroxylation is 1. The number of rotatable bonds is 11. The Morgan fingerprint density at radius 1 is 0.917 bits per heavy atom. The number of esters is 1. The number of nitrogens with zero attached hydrogens (tertiary/aromatic N) is 1. The van der Waals surface area contributed by atoms with Crippen molar-refractivity contribution in [2.24, 2.45) is 0 Å². The average Bonchev–Trinajstić information content (AvgIpc) is 2.89. The number of methoxy groups -OCH3 is 1. The van der Waals surface area contributed by atoms with Crippen molar-refractivity contribution in [3.8, 4) is 11.5 Å². The lowest BCUT2D eigenvalue weighted by molar-refractivity contribution is -0.150. The molecule has 3 aromatic rings. The summed E-state index contributed by atoms with van der Waals surface area (Å²) in [6.45, 7) is 1.31. The monoisotopic (exact) mass is 512 g/mol. The van der Waals surface area contributed by atoms with E-state index in [9.17, 15) is 18.0 Å². The second kappa shape index (κ2) is 12.1. The maximum absolute atomic E-state index is 12.8. The summed E-state index contributed by atoms with van der Waals surface area (Å²) in [6, 6.07) is 20.1. The molecule has 190 valence electrons. The van der Waals surface area contributed by atoms with Gasteiger partial charge in [0.2, 0.25) is 0 Å². The van der Waals surface area contributed by atoms with Crippen LogP contribution in [0, 0.1) is 6.92 Å². The molecule has 3 rings (SSSR count). The fourth-order valence-corrected chi connectivity index (χ4v) is 4.32. The van der Waals surface area contributed by atoms with Gasteiger partial charge in [0.1, 0.15) is 11.5 Å². The van der Waals surface area contributed by atoms with Gasteiger partial charge in [-0.1, -0.05) is 29.8 Å². The Balaban J connectivity index is 1.44. The Kier molecular flexibility index (Phi) is 8.91. The molecule has 10 heteroatoms. The molecular formula is C26H28N2O7S. The van der Waals surface area contributed by atoms with Crippen molar-refractivity contribution in [3.63, 3.8) is 0 Å². The normalized spacial score (nSPS) is 10.9. The highest BCUT2D eigenvalue weighted by Crippen LogP contribution is 2.24. The van der Waals surface area contributed by atoms with E-state index < -0.39 is 35.1 Å². The number of hydrogen-bond donors (Lipinski definition) is 1. The molecule has 0 aliphatic carbocycles. The van der Waals surface area contributed by atoms with E-state index in [2.05, 4.69) is 5.32 Å². The lowest BCUT2D eigenvalue weighted by Gasteiger charge is -2.20. The van der Waals surface area contributed by atoms with Crippen molar-refractivity contribution in [3.05, 3.63) is 83.9 Å². The number of carbonyl (C=O) groups is 2. The van der Waals surface area contributed by atoms with Crippen molar-refractivity contribution < 1.29 is 32.2 Å². The molecule has 0 atom stereocenters. The van der Waals surface area contributed by atoms with Crippen LogP contribution in [-0.4, -0.2) is 47.7 Å². The zero-order valence-corrected chi connectivity index (χ0v) is 21.1. The molecule has 0 aromatic heterocycles. The van der Waals surface area contributed by atoms with E-state index in [0.29, 0.717) is 17.2 Å². The van der Waals surface area contributed by atoms with Gasteiger partial charge in [0.05, 0.1) is 17.7 Å². The predicted octanol–water partition coefficient (Wildman–Crippen LogP) is 3.07. The molecule has 1 N–H and O–H groups in total. The van der Waals surface area contributed by atoms with E-state index in [1.165, 1.54) is 11.4 Å². The summed E-state index contributed by atoms with van der Waals surface area (Å²) in [7, 11) is -0.696. The van der Waals surface area contributed by atoms with Crippen LogP contribution in [0.1, 0.15) is 11.1 Å². The standard InChI is InChI=1S/C26H28N2O7S/c1-19-7-13-24(14-8-19)36(31,32)28(2)21-9-11-22(12-10-21)34-18-26(30)35-17-25(29)27-16-20-5-4-6-23(15-20)33-3/h4-15H,16-18H2,1-3H3,(H,27,29). The zero-order chi connectivity index (χ0) is 26.1. The Bertz CT molecular complexity index is 1290. The lowest BCUT2D eigenvalue weighted by Crippen LogP contribution is -2.29. The van der Waals surface area contributed by atoms with E-state index in [0.717, 1.165) is 11.1 Å². The van der Waals surface area contributed by atoms with Crippen molar-refractivity contribution in [1.29, 1.82) is 0 Å². The lowest BCUT2D eigenvalue weighted by atomic mass is 10.2. The molecule has 0 spiro atoms. The first-order chi connectivity index (χ1) is 17.2. The molecule has 0 aliphatic rings. The van der Waals surface area contributed by atoms with E-state index in [1.807, 2.05) is 19.1 Å². The molecule has 0 unspecified atom stereocenters. The van der Waals surface area contributed by atoms with Gasteiger partial charge < -0.3 is 19.5 Å². The first-order valence-corrected chi connectivity index (χ1v) is 12.5. The van der Waals surface area contributed by atoms with Crippen molar-refractivity contribution in [2.75, 3.05) is 31.7 Å². The number of amides is 1. The number of nitrogens with one attached hydrogen (secondary N) is 1. The Labute approximate surface area is 210 Å². The Morgan fingerprint density at radius 3 is 2.28 bits per heavy atom. The van der Waals surface area contributed by atoms with Gasteiger partial charge in [0.15, 0.2) is 13.2 Å². The number of anilines is 1. The summed E-state index contributed by atoms with van der Waals surface area (Å²) >= 11 is 0. The summed E-state index contributed by atoms with van der Waals surface area (Å²) < 4.78 is 42.3. The van der Waals surface area contributed by atoms with Crippen LogP contribution in [-0.2, 0) is 30.9 Å². The fourth-order valence-electron chi connectivity index (χ4n) is 3.12. The Morgan fingerprint density at radius 2 is 1.61 bits per heavy atom. The van der Waals surface area contributed by atoms with Crippen molar-refractivity contribution >= 4 is 27.6 Å². The molecule has 0 bridgehead atoms. The molecule has 9 nitrogen and oxygen atoms in total. The molecule has 3 aromatic carbocycles. The third-order valence-corrected chi connectivity index (χ3v) is 7.02. The first-order valence-electron chi connectivity index (χ1n) is 11.0. The summed E-state index contributed by atoms with van der Waals surface area (Å²) in [4.78, 5) is 24.1. The third kappa shape index (κ3) is 7.22. The molecule has 36 heavy (non-hydrogen) atoms. The highest BCUT2D eigenvalue weighted by Gasteiger charge is 2.21. The van der Waals surface area contributed by atoms with Crippen molar-refractivity contribution in [2.45, 2.75) is 18.4 Å². The average molecular weight is 513 g/mol. The SMILES string of the molecule is COc1cccc(CNC(=O)COC(=O)COc2ccc(N(C)S(=O)(=O)c3ccc(C)cc3)cc2)c1. The van der Waals surface area contributed by atoms with E-state index in [1.54, 1.807) is 67.8 Å². The summed E-state index contributed by atoms with van der Waals surface area (Å²) in [6.07, 6.45) is 0. The highest BCUT2D eigenvalue weighted by atomic mass is 32.2. The number of hydrogen-bond acceptors (Lipinski definition) is 7. The molecule has 0 saturated carbocycles. The smallest absolute Gasteiger partial charge is 0.344 e. The topological polar surface area (TPSA) is 111 Å². The van der Waals surface area contributed by atoms with Crippen LogP contribution in [0.4, 0.5) is 5.69 Å². The molecule has 0 fully saturated rings. The molecule has 0 heterocycles. The van der Waals surface area contributed by atoms with Gasteiger partial charge in [-0.3, -0.25) is 9.10 Å². The second-order valence-electron chi connectivity index (χ2n) is 7.86. The van der Waals surface area contributed by atoms with Crippen LogP contribution in [0.5, 0.6) is 11.5 Å². The van der Waals surface area contributed by atoms with Crippen LogP contribution in [0.2, 0.25) is 0 Å². The minimum Gasteiger partial charge on any atom is -0.497 e. The summed E-state index contributed by atoms with van der Waals surface area (Å²) in [5, 5.41) is 2.66. The van der Waals surface area contributed by atoms with Crippen LogP contribution >= 0.6 is 0 Å². The van der Waals surface area contributed by atoms with E-state index in [4.69, 9.17) is 14.2 Å². The van der Waals surface area contributed by atoms with Gasteiger partial charge in [-0.2, -0.15) is 0 Å². The van der Waals surface area contributed by atoms with Gasteiger partial charge in [-0.05, 0) is 61.0 Å². The van der Waals surface area contributed by atoms with Crippen molar-refractivity contribution in [1.82, 2.24) is 5.32 Å². The van der Waals surface area contributed by atoms with Gasteiger partial charge in [-0.15, -0.1) is 0 Å². The van der Waals surface area contributed by atoms with Gasteiger partial charge in [0.25, 0.3) is 15.9 Å². The third-order valence-electron chi connectivity index (χ3n) is 5.22.